The van der Waals surface area contributed by atoms with Crippen molar-refractivity contribution < 1.29 is 27.4 Å². The highest BCUT2D eigenvalue weighted by molar-refractivity contribution is 8.26. The van der Waals surface area contributed by atoms with Crippen molar-refractivity contribution in [3.05, 3.63) is 41.7 Å². The maximum absolute atomic E-state index is 15.0. The monoisotopic (exact) mass is 429 g/mol. The number of aliphatic hydroxyl groups is 1. The average molecular weight is 429 g/mol. The van der Waals surface area contributed by atoms with Crippen LogP contribution in [0, 0.1) is 11.7 Å². The lowest BCUT2D eigenvalue weighted by Crippen LogP contribution is -2.33. The quantitative estimate of drug-likeness (QED) is 0.659. The molecule has 0 bridgehead atoms. The minimum absolute atomic E-state index is 0.104. The van der Waals surface area contributed by atoms with Crippen molar-refractivity contribution in [1.82, 2.24) is 4.98 Å². The first-order valence-electron chi connectivity index (χ1n) is 9.04. The van der Waals surface area contributed by atoms with Gasteiger partial charge in [0.25, 0.3) is 5.92 Å². The summed E-state index contributed by atoms with van der Waals surface area (Å²) in [5.41, 5.74) is -0.613. The molecule has 4 rings (SSSR count). The van der Waals surface area contributed by atoms with Crippen LogP contribution >= 0.6 is 11.0 Å². The van der Waals surface area contributed by atoms with Crippen LogP contribution in [0.15, 0.2) is 30.3 Å². The Bertz CT molecular complexity index is 981. The molecule has 0 amide bonds. The van der Waals surface area contributed by atoms with Crippen LogP contribution in [0.1, 0.15) is 25.8 Å². The third kappa shape index (κ3) is 3.24. The number of hydrogen-bond acceptors (Lipinski definition) is 6. The molecular weight excluding hydrogens is 407 g/mol. The molecule has 0 saturated heterocycles. The largest absolute Gasteiger partial charge is 0.386 e. The van der Waals surface area contributed by atoms with Crippen molar-refractivity contribution in [2.75, 3.05) is 22.2 Å². The lowest BCUT2D eigenvalue weighted by atomic mass is 9.94. The van der Waals surface area contributed by atoms with Gasteiger partial charge in [-0.25, -0.2) is 26.8 Å². The second-order valence-corrected chi connectivity index (χ2v) is 9.94. The number of halogens is 3. The Balaban J connectivity index is 1.75. The van der Waals surface area contributed by atoms with Gasteiger partial charge in [0, 0.05) is 37.1 Å². The summed E-state index contributed by atoms with van der Waals surface area (Å²) in [4.78, 5) is 4.37. The summed E-state index contributed by atoms with van der Waals surface area (Å²) >= 11 is 0. The summed E-state index contributed by atoms with van der Waals surface area (Å²) in [6, 6.07) is 7.60. The van der Waals surface area contributed by atoms with Crippen molar-refractivity contribution in [1.29, 1.82) is 0 Å². The first-order valence-corrected chi connectivity index (χ1v) is 10.5. The summed E-state index contributed by atoms with van der Waals surface area (Å²) in [5.74, 6) is -4.22. The van der Waals surface area contributed by atoms with Gasteiger partial charge in [0.1, 0.15) is 11.5 Å². The summed E-state index contributed by atoms with van der Waals surface area (Å²) < 4.78 is 65.1. The first kappa shape index (κ1) is 20.3. The van der Waals surface area contributed by atoms with Crippen LogP contribution in [-0.2, 0) is 5.60 Å². The van der Waals surface area contributed by atoms with E-state index in [0.29, 0.717) is 5.69 Å². The standard InChI is InChI=1S/C19H22F3N3O3S/c1-18(2,26)13-6-4-5-12(16(13)20)14-7-8-15-17(23-14)24(3)29(27,28)25(15)10-11-9-19(11,21)22/h4-8,11,26-28H,9-10H2,1-3H3. The number of anilines is 2. The van der Waals surface area contributed by atoms with Gasteiger partial charge in [-0.05, 0) is 43.0 Å². The molecule has 1 aromatic carbocycles. The topological polar surface area (TPSA) is 80.1 Å². The molecule has 158 valence electrons. The van der Waals surface area contributed by atoms with Crippen LogP contribution in [0.2, 0.25) is 0 Å². The number of hydrogen-bond donors (Lipinski definition) is 3. The minimum Gasteiger partial charge on any atom is -0.386 e. The third-order valence-electron chi connectivity index (χ3n) is 5.36. The predicted molar refractivity (Wildman–Crippen MR) is 107 cm³/mol. The molecule has 0 spiro atoms. The van der Waals surface area contributed by atoms with E-state index in [2.05, 4.69) is 4.98 Å². The first-order chi connectivity index (χ1) is 13.3. The highest BCUT2D eigenvalue weighted by Gasteiger charge is 2.59. The van der Waals surface area contributed by atoms with Crippen molar-refractivity contribution in [3.8, 4) is 11.3 Å². The fourth-order valence-corrected chi connectivity index (χ4v) is 4.93. The van der Waals surface area contributed by atoms with E-state index < -0.39 is 34.2 Å². The van der Waals surface area contributed by atoms with Crippen molar-refractivity contribution >= 4 is 22.5 Å². The van der Waals surface area contributed by atoms with E-state index in [0.717, 1.165) is 8.61 Å². The average Bonchev–Trinajstić information content (AvgIpc) is 3.18. The van der Waals surface area contributed by atoms with Crippen LogP contribution in [0.25, 0.3) is 11.3 Å². The van der Waals surface area contributed by atoms with E-state index in [-0.39, 0.29) is 35.6 Å². The molecule has 2 aliphatic rings. The second kappa shape index (κ2) is 6.24. The second-order valence-electron chi connectivity index (χ2n) is 7.98. The molecule has 2 aromatic rings. The van der Waals surface area contributed by atoms with E-state index in [1.807, 2.05) is 0 Å². The van der Waals surface area contributed by atoms with E-state index in [9.17, 15) is 27.4 Å². The van der Waals surface area contributed by atoms with Gasteiger partial charge >= 0.3 is 0 Å². The molecule has 1 atom stereocenters. The molecule has 29 heavy (non-hydrogen) atoms. The number of benzene rings is 1. The van der Waals surface area contributed by atoms with Gasteiger partial charge in [0.2, 0.25) is 0 Å². The van der Waals surface area contributed by atoms with Gasteiger partial charge in [-0.3, -0.25) is 9.11 Å². The molecule has 1 saturated carbocycles. The summed E-state index contributed by atoms with van der Waals surface area (Å²) in [7, 11) is -2.13. The number of rotatable bonds is 4. The Labute approximate surface area is 168 Å². The van der Waals surface area contributed by atoms with E-state index in [1.165, 1.54) is 45.2 Å². The normalized spacial score (nSPS) is 23.1. The van der Waals surface area contributed by atoms with Gasteiger partial charge in [-0.2, -0.15) is 0 Å². The highest BCUT2D eigenvalue weighted by Crippen LogP contribution is 2.62. The Kier molecular flexibility index (Phi) is 4.36. The van der Waals surface area contributed by atoms with Gasteiger partial charge in [0.15, 0.2) is 5.82 Å². The fourth-order valence-electron chi connectivity index (χ4n) is 3.48. The lowest BCUT2D eigenvalue weighted by Gasteiger charge is -2.41. The lowest BCUT2D eigenvalue weighted by molar-refractivity contribution is 0.0746. The molecule has 2 heterocycles. The van der Waals surface area contributed by atoms with Crippen LogP contribution in [0.3, 0.4) is 0 Å². The molecule has 1 fully saturated rings. The van der Waals surface area contributed by atoms with Crippen LogP contribution in [-0.4, -0.2) is 38.7 Å². The maximum atomic E-state index is 15.0. The van der Waals surface area contributed by atoms with Gasteiger partial charge in [-0.15, -0.1) is 0 Å². The van der Waals surface area contributed by atoms with Crippen LogP contribution in [0.5, 0.6) is 0 Å². The third-order valence-corrected chi connectivity index (χ3v) is 7.21. The molecule has 1 aromatic heterocycles. The van der Waals surface area contributed by atoms with Crippen molar-refractivity contribution in [3.63, 3.8) is 0 Å². The zero-order chi connectivity index (χ0) is 21.4. The molecule has 3 N–H and O–H groups in total. The maximum Gasteiger partial charge on any atom is 0.253 e. The van der Waals surface area contributed by atoms with E-state index >= 15 is 0 Å². The number of fused-ring (bicyclic) bond motifs is 1. The SMILES string of the molecule is CN1c2nc(-c3cccc(C(C)(C)O)c3F)ccc2N(CC2CC2(F)F)S1(O)O. The molecule has 10 heteroatoms. The van der Waals surface area contributed by atoms with Crippen molar-refractivity contribution in [2.24, 2.45) is 5.92 Å². The number of nitrogens with zero attached hydrogens (tertiary/aromatic N) is 3. The Morgan fingerprint density at radius 2 is 1.90 bits per heavy atom. The smallest absolute Gasteiger partial charge is 0.253 e. The van der Waals surface area contributed by atoms with Crippen LogP contribution in [0.4, 0.5) is 24.7 Å². The van der Waals surface area contributed by atoms with Crippen LogP contribution < -0.4 is 8.61 Å². The zero-order valence-corrected chi connectivity index (χ0v) is 16.9. The summed E-state index contributed by atoms with van der Waals surface area (Å²) in [6.45, 7) is 2.73. The van der Waals surface area contributed by atoms with E-state index in [4.69, 9.17) is 0 Å². The minimum atomic E-state index is -3.53. The molecular formula is C19H22F3N3O3S. The number of pyridine rings is 1. The molecule has 1 unspecified atom stereocenters. The van der Waals surface area contributed by atoms with E-state index in [1.54, 1.807) is 6.07 Å². The molecule has 1 aliphatic carbocycles. The van der Waals surface area contributed by atoms with Gasteiger partial charge < -0.3 is 5.11 Å². The predicted octanol–water partition coefficient (Wildman–Crippen LogP) is 4.61. The summed E-state index contributed by atoms with van der Waals surface area (Å²) in [6.07, 6.45) is -0.293. The Morgan fingerprint density at radius 3 is 2.48 bits per heavy atom. The van der Waals surface area contributed by atoms with Gasteiger partial charge in [-0.1, -0.05) is 12.1 Å². The molecule has 0 radical (unpaired) electrons. The Hall–Kier alpha value is -2.01. The van der Waals surface area contributed by atoms with Crippen molar-refractivity contribution in [2.45, 2.75) is 31.8 Å². The molecule has 1 aliphatic heterocycles. The fraction of sp³-hybridized carbons (Fsp3) is 0.421. The number of alkyl halides is 2. The number of aromatic nitrogens is 1. The highest BCUT2D eigenvalue weighted by atomic mass is 32.3. The Morgan fingerprint density at radius 1 is 1.24 bits per heavy atom. The molecule has 6 nitrogen and oxygen atoms in total. The zero-order valence-electron chi connectivity index (χ0n) is 16.1. The van der Waals surface area contributed by atoms with Gasteiger partial charge in [0.05, 0.1) is 11.3 Å². The summed E-state index contributed by atoms with van der Waals surface area (Å²) in [5, 5.41) is 10.2.